The average Bonchev–Trinajstić information content (AvgIpc) is 1.64. The van der Waals surface area contributed by atoms with Gasteiger partial charge in [0, 0.05) is 38.0 Å². The molecule has 0 aliphatic heterocycles. The van der Waals surface area contributed by atoms with Crippen LogP contribution >= 0.6 is 7.60 Å². The molecule has 2 aromatic heterocycles. The Morgan fingerprint density at radius 3 is 1.58 bits per heavy atom. The smallest absolute Gasteiger partial charge is 0.330 e. The van der Waals surface area contributed by atoms with Crippen molar-refractivity contribution in [2.24, 2.45) is 53.1 Å². The van der Waals surface area contributed by atoms with E-state index in [2.05, 4.69) is 100 Å². The number of aryl methyl sites for hydroxylation is 1. The van der Waals surface area contributed by atoms with E-state index in [9.17, 15) is 14.2 Å². The number of aromatic nitrogens is 3. The molecular weight excluding hydrogens is 1150 g/mol. The van der Waals surface area contributed by atoms with Gasteiger partial charge in [-0.3, -0.25) is 14.2 Å². The number of pyridine rings is 1. The summed E-state index contributed by atoms with van der Waals surface area (Å²) < 4.78 is 35.5. The Balaban J connectivity index is 1.63. The fourth-order valence-corrected chi connectivity index (χ4v) is 14.4. The van der Waals surface area contributed by atoms with Crippen molar-refractivity contribution in [2.75, 3.05) is 71.0 Å². The number of anilines is 1. The van der Waals surface area contributed by atoms with Crippen LogP contribution in [0.5, 0.6) is 0 Å². The van der Waals surface area contributed by atoms with Gasteiger partial charge in [0.05, 0.1) is 36.5 Å². The molecule has 0 saturated heterocycles. The summed E-state index contributed by atoms with van der Waals surface area (Å²) in [5.41, 5.74) is 14.4. The molecule has 3 rings (SSSR count). The quantitative estimate of drug-likeness (QED) is 0.0230. The lowest BCUT2D eigenvalue weighted by atomic mass is 9.91. The first-order valence-electron chi connectivity index (χ1n) is 37.5. The molecule has 0 bridgehead atoms. The summed E-state index contributed by atoms with van der Waals surface area (Å²) in [6, 6.07) is 7.29. The van der Waals surface area contributed by atoms with Crippen molar-refractivity contribution >= 4 is 47.2 Å². The summed E-state index contributed by atoms with van der Waals surface area (Å²) in [5.74, 6) is 6.50. The van der Waals surface area contributed by atoms with E-state index in [-0.39, 0.29) is 24.4 Å². The third-order valence-corrected chi connectivity index (χ3v) is 21.0. The molecule has 0 saturated carbocycles. The number of nitrogen functional groups attached to an aromatic ring is 1. The van der Waals surface area contributed by atoms with Crippen LogP contribution in [0.15, 0.2) is 24.3 Å². The van der Waals surface area contributed by atoms with Crippen LogP contribution in [0.25, 0.3) is 21.9 Å². The number of nitrogens with one attached hydrogen (secondary N) is 4. The maximum atomic E-state index is 14.8. The predicted molar refractivity (Wildman–Crippen MR) is 387 cm³/mol. The molecule has 526 valence electrons. The van der Waals surface area contributed by atoms with E-state index < -0.39 is 13.6 Å². The van der Waals surface area contributed by atoms with E-state index in [4.69, 9.17) is 30.2 Å². The maximum absolute atomic E-state index is 14.8. The Bertz CT molecular complexity index is 2310. The topological polar surface area (TPSA) is 210 Å². The van der Waals surface area contributed by atoms with Crippen molar-refractivity contribution in [1.29, 1.82) is 0 Å². The molecule has 16 heteroatoms. The highest BCUT2D eigenvalue weighted by Gasteiger charge is 2.27. The lowest BCUT2D eigenvalue weighted by Crippen LogP contribution is -2.45. The van der Waals surface area contributed by atoms with Crippen molar-refractivity contribution < 1.29 is 27.9 Å². The number of carbonyl (C=O) groups excluding carboxylic acids is 2. The average molecular weight is 1290 g/mol. The summed E-state index contributed by atoms with van der Waals surface area (Å²) in [5, 5.41) is 14.2. The monoisotopic (exact) mass is 1290 g/mol. The van der Waals surface area contributed by atoms with Crippen LogP contribution < -0.4 is 32.7 Å². The van der Waals surface area contributed by atoms with Gasteiger partial charge in [0.2, 0.25) is 11.8 Å². The first-order valence-corrected chi connectivity index (χ1v) is 39.2. The van der Waals surface area contributed by atoms with Gasteiger partial charge >= 0.3 is 7.60 Å². The van der Waals surface area contributed by atoms with Crippen LogP contribution in [0.2, 0.25) is 0 Å². The van der Waals surface area contributed by atoms with Gasteiger partial charge in [0.15, 0.2) is 5.82 Å². The predicted octanol–water partition coefficient (Wildman–Crippen LogP) is 17.9. The van der Waals surface area contributed by atoms with Crippen LogP contribution in [0, 0.1) is 47.3 Å². The number of nitrogens with two attached hydrogens (primary N) is 2. The molecule has 0 aliphatic rings. The zero-order chi connectivity index (χ0) is 66.5. The molecule has 2 amide bonds. The highest BCUT2D eigenvalue weighted by atomic mass is 31.2. The number of imidazole rings is 1. The normalized spacial score (nSPS) is 15.1. The van der Waals surface area contributed by atoms with Crippen LogP contribution in [-0.4, -0.2) is 97.6 Å². The van der Waals surface area contributed by atoms with Crippen LogP contribution in [-0.2, 0) is 41.1 Å². The number of unbranched alkanes of at least 4 members (excludes halogenated alkanes) is 5. The molecule has 0 spiro atoms. The summed E-state index contributed by atoms with van der Waals surface area (Å²) in [4.78, 5) is 37.0. The van der Waals surface area contributed by atoms with Crippen molar-refractivity contribution in [3.05, 3.63) is 30.1 Å². The SMILES string of the molecule is CCOCc1nc2c(N)nc3ccccc3c2n1CCCNC(=O)[C@H](CCC(=O)NCCCNCCCCCCCCN)NCCCP(=O)(OCCC(C)CCCC(C)CCCC(C)CCCC(C)C)OCCC(C)CCCC(C)CCCC(C)CCCC(C)C. The van der Waals surface area contributed by atoms with Crippen molar-refractivity contribution in [3.63, 3.8) is 0 Å². The van der Waals surface area contributed by atoms with E-state index in [1.54, 1.807) is 0 Å². The zero-order valence-electron chi connectivity index (χ0n) is 60.3. The van der Waals surface area contributed by atoms with Crippen LogP contribution in [0.4, 0.5) is 5.82 Å². The van der Waals surface area contributed by atoms with E-state index in [1.165, 1.54) is 128 Å². The first-order chi connectivity index (χ1) is 43.8. The third kappa shape index (κ3) is 38.2. The van der Waals surface area contributed by atoms with Gasteiger partial charge in [0.1, 0.15) is 17.9 Å². The maximum Gasteiger partial charge on any atom is 0.330 e. The minimum Gasteiger partial charge on any atom is -0.382 e. The number of nitrogens with zero attached hydrogens (tertiary/aromatic N) is 3. The summed E-state index contributed by atoms with van der Waals surface area (Å²) >= 11 is 0. The minimum absolute atomic E-state index is 0.0773. The molecule has 15 nitrogen and oxygen atoms in total. The number of hydrogen-bond acceptors (Lipinski definition) is 12. The molecule has 6 unspecified atom stereocenters. The first kappa shape index (κ1) is 82.1. The van der Waals surface area contributed by atoms with Gasteiger partial charge in [0.25, 0.3) is 0 Å². The Morgan fingerprint density at radius 2 is 1.04 bits per heavy atom. The summed E-state index contributed by atoms with van der Waals surface area (Å²) in [6.45, 7) is 31.8. The fraction of sp³-hybridized carbons (Fsp3) is 0.840. The number of benzene rings is 1. The van der Waals surface area contributed by atoms with E-state index in [0.717, 1.165) is 122 Å². The Hall–Kier alpha value is -3.17. The number of carbonyl (C=O) groups is 2. The molecule has 91 heavy (non-hydrogen) atoms. The van der Waals surface area contributed by atoms with Crippen LogP contribution in [0.3, 0.4) is 0 Å². The molecule has 3 aromatic rings. The third-order valence-electron chi connectivity index (χ3n) is 18.9. The second-order valence-electron chi connectivity index (χ2n) is 29.0. The van der Waals surface area contributed by atoms with Gasteiger partial charge in [-0.05, 0) is 138 Å². The number of rotatable bonds is 60. The second-order valence-corrected chi connectivity index (χ2v) is 31.2. The number of hydrogen-bond donors (Lipinski definition) is 6. The summed E-state index contributed by atoms with van der Waals surface area (Å²) in [6.07, 6.45) is 34.8. The molecule has 0 radical (unpaired) electrons. The molecule has 0 fully saturated rings. The lowest BCUT2D eigenvalue weighted by Gasteiger charge is -2.22. The standard InChI is InChI=1S/C75H140N9O6P/c1-12-88-58-70-83-72-73(67-42-17-18-43-68(67)82-74(72)77)84(70)54-28-52-81-75(86)69(44-45-71(85)80-51-27-50-78-49-20-16-14-13-15-19-48-76)79-53-29-57-91(87,89-55-46-65(10)40-25-38-63(8)36-23-34-61(6)32-21-30-59(2)3)90-56-47-66(11)41-26-39-64(9)37-24-35-62(7)33-22-31-60(4)5/h17-18,42-43,59-66,69,78-79H,12-16,19-41,44-58,76H2,1-11H3,(H2,77,82)(H,80,85)(H,81,86)/t61?,62?,63?,64?,65?,66?,69-,91?/m0/s1. The number of ether oxygens (including phenoxy) is 1. The summed E-state index contributed by atoms with van der Waals surface area (Å²) in [7, 11) is -3.46. The van der Waals surface area contributed by atoms with Gasteiger partial charge in [-0.15, -0.1) is 0 Å². The number of amides is 2. The Labute approximate surface area is 556 Å². The highest BCUT2D eigenvalue weighted by Crippen LogP contribution is 2.49. The zero-order valence-corrected chi connectivity index (χ0v) is 61.2. The van der Waals surface area contributed by atoms with Crippen molar-refractivity contribution in [2.45, 2.75) is 294 Å². The van der Waals surface area contributed by atoms with Gasteiger partial charge in [-0.2, -0.15) is 0 Å². The number of fused-ring (bicyclic) bond motifs is 3. The fourth-order valence-electron chi connectivity index (χ4n) is 12.8. The molecule has 1 aromatic carbocycles. The van der Waals surface area contributed by atoms with Crippen molar-refractivity contribution in [3.8, 4) is 0 Å². The van der Waals surface area contributed by atoms with Crippen LogP contribution in [0.1, 0.15) is 281 Å². The number of para-hydroxylation sites is 1. The largest absolute Gasteiger partial charge is 0.382 e. The molecule has 8 N–H and O–H groups in total. The lowest BCUT2D eigenvalue weighted by molar-refractivity contribution is -0.124. The molecular formula is C75H140N9O6P. The molecule has 0 aliphatic carbocycles. The Morgan fingerprint density at radius 1 is 0.549 bits per heavy atom. The van der Waals surface area contributed by atoms with Crippen molar-refractivity contribution in [1.82, 2.24) is 35.8 Å². The molecule has 7 atom stereocenters. The second kappa shape index (κ2) is 50.2. The molecule has 2 heterocycles. The van der Waals surface area contributed by atoms with E-state index in [1.807, 2.05) is 31.2 Å². The Kier molecular flexibility index (Phi) is 45.3. The van der Waals surface area contributed by atoms with Gasteiger partial charge in [-0.1, -0.05) is 229 Å². The van der Waals surface area contributed by atoms with Gasteiger partial charge < -0.3 is 51.1 Å². The van der Waals surface area contributed by atoms with E-state index in [0.29, 0.717) is 95.0 Å². The van der Waals surface area contributed by atoms with Gasteiger partial charge in [-0.25, -0.2) is 9.97 Å². The highest BCUT2D eigenvalue weighted by molar-refractivity contribution is 7.53. The van der Waals surface area contributed by atoms with E-state index >= 15 is 0 Å². The minimum atomic E-state index is -3.46.